The van der Waals surface area contributed by atoms with Gasteiger partial charge in [-0.25, -0.2) is 5.01 Å². The molecule has 7 nitrogen and oxygen atoms in total. The third-order valence-electron chi connectivity index (χ3n) is 4.32. The van der Waals surface area contributed by atoms with E-state index in [0.717, 1.165) is 16.2 Å². The fourth-order valence-corrected chi connectivity index (χ4v) is 3.70. The zero-order valence-corrected chi connectivity index (χ0v) is 15.9. The van der Waals surface area contributed by atoms with Crippen molar-refractivity contribution in [2.45, 2.75) is 25.3 Å². The van der Waals surface area contributed by atoms with Crippen molar-refractivity contribution in [2.24, 2.45) is 5.10 Å². The molecule has 8 heteroatoms. The molecule has 2 aromatic rings. The van der Waals surface area contributed by atoms with E-state index in [9.17, 15) is 9.59 Å². The molecular formula is C19H20N2O5S. The molecule has 1 amide bonds. The Bertz CT molecular complexity index is 863. The third kappa shape index (κ3) is 4.11. The molecule has 0 aliphatic carbocycles. The number of hydrogen-bond donors (Lipinski definition) is 1. The van der Waals surface area contributed by atoms with Crippen LogP contribution in [-0.2, 0) is 9.59 Å². The van der Waals surface area contributed by atoms with Crippen LogP contribution in [0.15, 0.2) is 40.8 Å². The number of carbonyl (C=O) groups excluding carboxylic acids is 1. The van der Waals surface area contributed by atoms with Crippen molar-refractivity contribution in [1.82, 2.24) is 5.01 Å². The zero-order chi connectivity index (χ0) is 19.4. The van der Waals surface area contributed by atoms with Gasteiger partial charge in [0.2, 0.25) is 5.91 Å². The second-order valence-electron chi connectivity index (χ2n) is 5.99. The van der Waals surface area contributed by atoms with Crippen LogP contribution in [0.1, 0.15) is 35.7 Å². The van der Waals surface area contributed by atoms with E-state index in [1.807, 2.05) is 29.6 Å². The second kappa shape index (κ2) is 8.22. The highest BCUT2D eigenvalue weighted by Gasteiger charge is 2.33. The maximum absolute atomic E-state index is 12.6. The van der Waals surface area contributed by atoms with Crippen LogP contribution in [-0.4, -0.2) is 41.9 Å². The van der Waals surface area contributed by atoms with Gasteiger partial charge in [-0.3, -0.25) is 9.59 Å². The normalized spacial score (nSPS) is 16.1. The number of hydrazone groups is 1. The van der Waals surface area contributed by atoms with Crippen molar-refractivity contribution in [3.05, 3.63) is 46.2 Å². The fraction of sp³-hybridized carbons (Fsp3) is 0.316. The highest BCUT2D eigenvalue weighted by Crippen LogP contribution is 2.38. The topological polar surface area (TPSA) is 88.4 Å². The third-order valence-corrected chi connectivity index (χ3v) is 5.24. The maximum Gasteiger partial charge on any atom is 0.303 e. The van der Waals surface area contributed by atoms with Crippen LogP contribution >= 0.6 is 11.3 Å². The average Bonchev–Trinajstić information content (AvgIpc) is 3.35. The molecule has 0 saturated carbocycles. The number of carboxylic acids is 1. The first-order valence-corrected chi connectivity index (χ1v) is 9.28. The van der Waals surface area contributed by atoms with Gasteiger partial charge in [0.05, 0.1) is 37.3 Å². The largest absolute Gasteiger partial charge is 0.493 e. The fourth-order valence-electron chi connectivity index (χ4n) is 2.98. The highest BCUT2D eigenvalue weighted by molar-refractivity contribution is 7.12. The quantitative estimate of drug-likeness (QED) is 0.786. The summed E-state index contributed by atoms with van der Waals surface area (Å²) >= 11 is 1.56. The number of thiophene rings is 1. The van der Waals surface area contributed by atoms with Crippen LogP contribution in [0.4, 0.5) is 0 Å². The van der Waals surface area contributed by atoms with Gasteiger partial charge < -0.3 is 14.6 Å². The van der Waals surface area contributed by atoms with Crippen LogP contribution in [0.5, 0.6) is 11.5 Å². The van der Waals surface area contributed by atoms with E-state index in [2.05, 4.69) is 5.10 Å². The summed E-state index contributed by atoms with van der Waals surface area (Å²) < 4.78 is 10.6. The number of ether oxygens (including phenoxy) is 2. The monoisotopic (exact) mass is 388 g/mol. The van der Waals surface area contributed by atoms with Crippen molar-refractivity contribution in [2.75, 3.05) is 14.2 Å². The molecule has 0 spiro atoms. The summed E-state index contributed by atoms with van der Waals surface area (Å²) in [5.41, 5.74) is 1.67. The van der Waals surface area contributed by atoms with Gasteiger partial charge in [0.25, 0.3) is 0 Å². The lowest BCUT2D eigenvalue weighted by Gasteiger charge is -2.22. The number of carbonyl (C=O) groups is 2. The minimum Gasteiger partial charge on any atom is -0.493 e. The van der Waals surface area contributed by atoms with Crippen molar-refractivity contribution >= 4 is 28.9 Å². The molecule has 0 saturated heterocycles. The van der Waals surface area contributed by atoms with Crippen LogP contribution in [0.2, 0.25) is 0 Å². The molecule has 142 valence electrons. The first-order chi connectivity index (χ1) is 13.0. The van der Waals surface area contributed by atoms with E-state index in [1.54, 1.807) is 31.6 Å². The Labute approximate surface area is 160 Å². The second-order valence-corrected chi connectivity index (χ2v) is 6.94. The van der Waals surface area contributed by atoms with Crippen molar-refractivity contribution < 1.29 is 24.2 Å². The molecule has 0 radical (unpaired) electrons. The average molecular weight is 388 g/mol. The molecule has 1 aromatic heterocycles. The molecule has 1 aromatic carbocycles. The summed E-state index contributed by atoms with van der Waals surface area (Å²) in [5.74, 6) is -0.156. The van der Waals surface area contributed by atoms with Gasteiger partial charge in [-0.2, -0.15) is 5.10 Å². The summed E-state index contributed by atoms with van der Waals surface area (Å²) in [5, 5.41) is 16.7. The molecule has 0 fully saturated rings. The molecule has 3 rings (SSSR count). The van der Waals surface area contributed by atoms with E-state index >= 15 is 0 Å². The number of rotatable bonds is 7. The van der Waals surface area contributed by atoms with E-state index in [-0.39, 0.29) is 24.8 Å². The molecule has 1 atom stereocenters. The Kier molecular flexibility index (Phi) is 5.75. The summed E-state index contributed by atoms with van der Waals surface area (Å²) in [6.45, 7) is 0. The van der Waals surface area contributed by atoms with Crippen LogP contribution in [0, 0.1) is 0 Å². The number of nitrogens with zero attached hydrogens (tertiary/aromatic N) is 2. The van der Waals surface area contributed by atoms with Gasteiger partial charge in [-0.15, -0.1) is 11.3 Å². The highest BCUT2D eigenvalue weighted by atomic mass is 32.1. The minimum absolute atomic E-state index is 0.0969. The van der Waals surface area contributed by atoms with Gasteiger partial charge in [0.15, 0.2) is 11.5 Å². The van der Waals surface area contributed by atoms with E-state index in [4.69, 9.17) is 14.6 Å². The van der Waals surface area contributed by atoms with E-state index in [1.165, 1.54) is 5.01 Å². The van der Waals surface area contributed by atoms with Crippen LogP contribution < -0.4 is 9.47 Å². The molecule has 27 heavy (non-hydrogen) atoms. The molecule has 0 bridgehead atoms. The smallest absolute Gasteiger partial charge is 0.303 e. The predicted molar refractivity (Wildman–Crippen MR) is 101 cm³/mol. The molecule has 1 aliphatic heterocycles. The van der Waals surface area contributed by atoms with Gasteiger partial charge in [-0.1, -0.05) is 12.1 Å². The number of methoxy groups -OCH3 is 2. The minimum atomic E-state index is -1.01. The van der Waals surface area contributed by atoms with Crippen molar-refractivity contribution in [1.29, 1.82) is 0 Å². The number of benzene rings is 1. The zero-order valence-electron chi connectivity index (χ0n) is 15.0. The van der Waals surface area contributed by atoms with Gasteiger partial charge in [0.1, 0.15) is 0 Å². The summed E-state index contributed by atoms with van der Waals surface area (Å²) in [6, 6.07) is 9.06. The summed E-state index contributed by atoms with van der Waals surface area (Å²) in [4.78, 5) is 24.5. The number of aliphatic carboxylic acids is 1. The first kappa shape index (κ1) is 18.9. The number of amides is 1. The Balaban J connectivity index is 1.92. The summed E-state index contributed by atoms with van der Waals surface area (Å²) in [7, 11) is 3.12. The lowest BCUT2D eigenvalue weighted by molar-refractivity contribution is -0.141. The van der Waals surface area contributed by atoms with Gasteiger partial charge >= 0.3 is 5.97 Å². The Morgan fingerprint density at radius 1 is 1.22 bits per heavy atom. The SMILES string of the molecule is COc1ccc([C@@H]2CC(c3cccs3)=NN2C(=O)CCC(=O)O)cc1OC. The van der Waals surface area contributed by atoms with Gasteiger partial charge in [0, 0.05) is 12.8 Å². The molecule has 1 aliphatic rings. The lowest BCUT2D eigenvalue weighted by Crippen LogP contribution is -2.27. The standard InChI is InChI=1S/C19H20N2O5S/c1-25-15-6-5-12(10-16(15)26-2)14-11-13(17-4-3-9-27-17)20-21(14)18(22)7-8-19(23)24/h3-6,9-10,14H,7-8,11H2,1-2H3,(H,23,24)/t14-/m0/s1. The maximum atomic E-state index is 12.6. The predicted octanol–water partition coefficient (Wildman–Crippen LogP) is 3.31. The van der Waals surface area contributed by atoms with Crippen LogP contribution in [0.3, 0.4) is 0 Å². The first-order valence-electron chi connectivity index (χ1n) is 8.40. The van der Waals surface area contributed by atoms with Crippen molar-refractivity contribution in [3.63, 3.8) is 0 Å². The lowest BCUT2D eigenvalue weighted by atomic mass is 10.0. The number of hydrogen-bond acceptors (Lipinski definition) is 6. The molecule has 2 heterocycles. The Hall–Kier alpha value is -2.87. The van der Waals surface area contributed by atoms with E-state index in [0.29, 0.717) is 17.9 Å². The van der Waals surface area contributed by atoms with Crippen LogP contribution in [0.25, 0.3) is 0 Å². The molecular weight excluding hydrogens is 368 g/mol. The number of carboxylic acid groups (broad SMARTS) is 1. The van der Waals surface area contributed by atoms with E-state index < -0.39 is 5.97 Å². The molecule has 0 unspecified atom stereocenters. The Morgan fingerprint density at radius 2 is 2.00 bits per heavy atom. The summed E-state index contributed by atoms with van der Waals surface area (Å²) in [6.07, 6.45) is 0.229. The van der Waals surface area contributed by atoms with Gasteiger partial charge in [-0.05, 0) is 29.1 Å². The van der Waals surface area contributed by atoms with Crippen molar-refractivity contribution in [3.8, 4) is 11.5 Å². The Morgan fingerprint density at radius 3 is 2.63 bits per heavy atom. The molecule has 1 N–H and O–H groups in total.